The van der Waals surface area contributed by atoms with Gasteiger partial charge in [-0.25, -0.2) is 0 Å². The molecule has 162 valence electrons. The second-order valence-corrected chi connectivity index (χ2v) is 11.0. The fourth-order valence-electron chi connectivity index (χ4n) is 2.71. The first-order chi connectivity index (χ1) is 12.9. The molecule has 0 fully saturated rings. The van der Waals surface area contributed by atoms with Gasteiger partial charge in [-0.05, 0) is 84.1 Å². The monoisotopic (exact) mass is 416 g/mol. The van der Waals surface area contributed by atoms with E-state index >= 15 is 0 Å². The molecule has 1 aromatic rings. The molecule has 7 heteroatoms. The molecule has 28 heavy (non-hydrogen) atoms. The predicted octanol–water partition coefficient (Wildman–Crippen LogP) is 5.04. The van der Waals surface area contributed by atoms with Gasteiger partial charge in [0.2, 0.25) is 0 Å². The van der Waals surface area contributed by atoms with Crippen LogP contribution in [-0.4, -0.2) is 34.2 Å². The van der Waals surface area contributed by atoms with Gasteiger partial charge in [0.15, 0.2) is 0 Å². The third-order valence-electron chi connectivity index (χ3n) is 3.56. The van der Waals surface area contributed by atoms with Crippen molar-refractivity contribution in [2.24, 2.45) is 0 Å². The lowest BCUT2D eigenvalue weighted by Crippen LogP contribution is -2.24. The molecule has 0 spiro atoms. The van der Waals surface area contributed by atoms with E-state index in [1.54, 1.807) is 18.2 Å². The summed E-state index contributed by atoms with van der Waals surface area (Å²) < 4.78 is 30.4. The molecule has 0 bridgehead atoms. The van der Waals surface area contributed by atoms with E-state index in [2.05, 4.69) is 0 Å². The van der Waals surface area contributed by atoms with E-state index in [1.165, 1.54) is 0 Å². The summed E-state index contributed by atoms with van der Waals surface area (Å²) in [4.78, 5) is 0. The van der Waals surface area contributed by atoms with Crippen LogP contribution in [-0.2, 0) is 26.8 Å². The molecule has 0 atom stereocenters. The smallest absolute Gasteiger partial charge is 0.331 e. The number of ether oxygens (including phenoxy) is 1. The highest BCUT2D eigenvalue weighted by Gasteiger charge is 2.34. The number of unbranched alkanes of at least 4 members (excludes halogenated alkanes) is 2. The van der Waals surface area contributed by atoms with Gasteiger partial charge in [0.1, 0.15) is 5.75 Å². The fourth-order valence-corrected chi connectivity index (χ4v) is 5.21. The molecule has 0 aliphatic carbocycles. The Hall–Kier alpha value is -0.910. The highest BCUT2D eigenvalue weighted by atomic mass is 31.2. The van der Waals surface area contributed by atoms with Crippen LogP contribution >= 0.6 is 7.60 Å². The molecule has 1 aromatic carbocycles. The number of benzene rings is 1. The van der Waals surface area contributed by atoms with Gasteiger partial charge in [0.25, 0.3) is 0 Å². The van der Waals surface area contributed by atoms with Gasteiger partial charge in [-0.3, -0.25) is 4.57 Å². The molecule has 0 heterocycles. The molecule has 0 saturated heterocycles. The van der Waals surface area contributed by atoms with Crippen LogP contribution < -0.4 is 4.74 Å². The topological polar surface area (TPSA) is 85.2 Å². The van der Waals surface area contributed by atoms with Crippen LogP contribution in [0.15, 0.2) is 18.2 Å². The van der Waals surface area contributed by atoms with Crippen LogP contribution in [0.4, 0.5) is 0 Å². The third kappa shape index (κ3) is 10.6. The van der Waals surface area contributed by atoms with Crippen LogP contribution in [0, 0.1) is 0 Å². The lowest BCUT2D eigenvalue weighted by atomic mass is 10.1. The summed E-state index contributed by atoms with van der Waals surface area (Å²) in [6.45, 7) is 11.6. The van der Waals surface area contributed by atoms with Crippen molar-refractivity contribution in [2.75, 3.05) is 12.8 Å². The van der Waals surface area contributed by atoms with E-state index in [9.17, 15) is 14.8 Å². The lowest BCUT2D eigenvalue weighted by Gasteiger charge is -2.32. The zero-order valence-electron chi connectivity index (χ0n) is 18.2. The maximum absolute atomic E-state index is 13.1. The van der Waals surface area contributed by atoms with Crippen molar-refractivity contribution in [1.82, 2.24) is 0 Å². The average Bonchev–Trinajstić information content (AvgIpc) is 2.54. The Morgan fingerprint density at radius 1 is 0.821 bits per heavy atom. The maximum atomic E-state index is 13.1. The van der Waals surface area contributed by atoms with Crippen LogP contribution in [0.2, 0.25) is 0 Å². The van der Waals surface area contributed by atoms with Gasteiger partial charge in [-0.15, -0.1) is 0 Å². The summed E-state index contributed by atoms with van der Waals surface area (Å²) in [7, 11) is -3.19. The summed E-state index contributed by atoms with van der Waals surface area (Å²) >= 11 is 0. The third-order valence-corrected chi connectivity index (χ3v) is 6.08. The van der Waals surface area contributed by atoms with Gasteiger partial charge in [-0.2, -0.15) is 0 Å². The zero-order chi connectivity index (χ0) is 21.4. The molecule has 0 radical (unpaired) electrons. The Balaban J connectivity index is 2.48. The SMILES string of the molecule is CC(C)(C)OP(=O)(CCCCCOc1cc(CO)cc(CO)c1)OC(C)(C)C. The standard InChI is InChI=1S/C21H37O6P/c1-20(2,3)26-28(24,27-21(4,5)6)11-9-7-8-10-25-19-13-17(15-22)12-18(14-19)16-23/h12-14,22-23H,7-11,15-16H2,1-6H3. The van der Waals surface area contributed by atoms with Crippen molar-refractivity contribution in [3.05, 3.63) is 29.3 Å². The second-order valence-electron chi connectivity index (χ2n) is 8.95. The second kappa shape index (κ2) is 10.7. The number of aliphatic hydroxyl groups is 2. The van der Waals surface area contributed by atoms with Crippen molar-refractivity contribution >= 4 is 7.60 Å². The normalized spacial score (nSPS) is 13.0. The Labute approximate surface area is 169 Å². The van der Waals surface area contributed by atoms with Crippen LogP contribution in [0.25, 0.3) is 0 Å². The number of aliphatic hydroxyl groups excluding tert-OH is 2. The van der Waals surface area contributed by atoms with Crippen molar-refractivity contribution in [2.45, 2.75) is 85.2 Å². The minimum absolute atomic E-state index is 0.0962. The average molecular weight is 416 g/mol. The molecule has 6 nitrogen and oxygen atoms in total. The Morgan fingerprint density at radius 3 is 1.75 bits per heavy atom. The van der Waals surface area contributed by atoms with E-state index in [0.29, 0.717) is 36.1 Å². The van der Waals surface area contributed by atoms with Crippen molar-refractivity contribution in [3.8, 4) is 5.75 Å². The number of hydrogen-bond donors (Lipinski definition) is 2. The quantitative estimate of drug-likeness (QED) is 0.388. The lowest BCUT2D eigenvalue weighted by molar-refractivity contribution is 0.0490. The summed E-state index contributed by atoms with van der Waals surface area (Å²) in [5, 5.41) is 18.5. The van der Waals surface area contributed by atoms with Gasteiger partial charge >= 0.3 is 7.60 Å². The van der Waals surface area contributed by atoms with E-state index < -0.39 is 18.8 Å². The fraction of sp³-hybridized carbons (Fsp3) is 0.714. The zero-order valence-corrected chi connectivity index (χ0v) is 19.1. The van der Waals surface area contributed by atoms with Crippen molar-refractivity contribution in [1.29, 1.82) is 0 Å². The predicted molar refractivity (Wildman–Crippen MR) is 112 cm³/mol. The van der Waals surface area contributed by atoms with Gasteiger partial charge in [-0.1, -0.05) is 6.07 Å². The minimum Gasteiger partial charge on any atom is -0.494 e. The molecule has 0 aromatic heterocycles. The van der Waals surface area contributed by atoms with Gasteiger partial charge < -0.3 is 24.0 Å². The van der Waals surface area contributed by atoms with Gasteiger partial charge in [0, 0.05) is 0 Å². The minimum atomic E-state index is -3.19. The summed E-state index contributed by atoms with van der Waals surface area (Å²) in [6, 6.07) is 5.28. The molecule has 0 aliphatic rings. The van der Waals surface area contributed by atoms with Gasteiger partial charge in [0.05, 0.1) is 37.2 Å². The molecule has 2 N–H and O–H groups in total. The molecular formula is C21H37O6P. The van der Waals surface area contributed by atoms with E-state index in [-0.39, 0.29) is 13.2 Å². The molecule has 0 saturated carbocycles. The van der Waals surface area contributed by atoms with Crippen LogP contribution in [0.5, 0.6) is 5.75 Å². The highest BCUT2D eigenvalue weighted by molar-refractivity contribution is 7.53. The summed E-state index contributed by atoms with van der Waals surface area (Å²) in [6.07, 6.45) is 2.71. The summed E-state index contributed by atoms with van der Waals surface area (Å²) in [5.41, 5.74) is 0.347. The highest BCUT2D eigenvalue weighted by Crippen LogP contribution is 2.54. The first-order valence-electron chi connectivity index (χ1n) is 9.84. The molecule has 0 aliphatic heterocycles. The number of hydrogen-bond acceptors (Lipinski definition) is 6. The van der Waals surface area contributed by atoms with Crippen LogP contribution in [0.1, 0.15) is 71.9 Å². The van der Waals surface area contributed by atoms with E-state index in [0.717, 1.165) is 12.8 Å². The molecule has 0 amide bonds. The number of rotatable bonds is 11. The van der Waals surface area contributed by atoms with E-state index in [4.69, 9.17) is 13.8 Å². The largest absolute Gasteiger partial charge is 0.494 e. The first-order valence-corrected chi connectivity index (χ1v) is 11.6. The summed E-state index contributed by atoms with van der Waals surface area (Å²) in [5.74, 6) is 0.633. The molecule has 1 rings (SSSR count). The molecule has 0 unspecified atom stereocenters. The van der Waals surface area contributed by atoms with Crippen molar-refractivity contribution < 1.29 is 28.6 Å². The first kappa shape index (κ1) is 25.1. The van der Waals surface area contributed by atoms with Crippen LogP contribution in [0.3, 0.4) is 0 Å². The Bertz CT molecular complexity index is 603. The maximum Gasteiger partial charge on any atom is 0.331 e. The Kier molecular flexibility index (Phi) is 9.65. The Morgan fingerprint density at radius 2 is 1.32 bits per heavy atom. The van der Waals surface area contributed by atoms with E-state index in [1.807, 2.05) is 41.5 Å². The molecular weight excluding hydrogens is 379 g/mol. The van der Waals surface area contributed by atoms with Crippen molar-refractivity contribution in [3.63, 3.8) is 0 Å².